The highest BCUT2D eigenvalue weighted by molar-refractivity contribution is 7.98. The van der Waals surface area contributed by atoms with E-state index < -0.39 is 5.97 Å². The van der Waals surface area contributed by atoms with Crippen LogP contribution < -0.4 is 0 Å². The minimum atomic E-state index is -0.931. The molecule has 0 aliphatic rings. The van der Waals surface area contributed by atoms with Crippen LogP contribution in [0.15, 0.2) is 33.7 Å². The second kappa shape index (κ2) is 5.88. The minimum absolute atomic E-state index is 0.192. The van der Waals surface area contributed by atoms with E-state index >= 15 is 0 Å². The lowest BCUT2D eigenvalue weighted by Gasteiger charge is -2.03. The van der Waals surface area contributed by atoms with Gasteiger partial charge in [-0.15, -0.1) is 11.8 Å². The van der Waals surface area contributed by atoms with Gasteiger partial charge in [0, 0.05) is 10.8 Å². The highest BCUT2D eigenvalue weighted by atomic mass is 32.2. The number of rotatable bonds is 5. The average Bonchev–Trinajstić information content (AvgIpc) is 2.85. The second-order valence-corrected chi connectivity index (χ2v) is 5.31. The van der Waals surface area contributed by atoms with Gasteiger partial charge in [-0.25, -0.2) is 4.79 Å². The van der Waals surface area contributed by atoms with Crippen LogP contribution in [-0.4, -0.2) is 21.2 Å². The van der Waals surface area contributed by atoms with E-state index in [2.05, 4.69) is 10.1 Å². The molecule has 1 aromatic heterocycles. The molecule has 1 aromatic carbocycles. The predicted octanol–water partition coefficient (Wildman–Crippen LogP) is 3.18. The van der Waals surface area contributed by atoms with Gasteiger partial charge in [0.05, 0.1) is 11.3 Å². The SMILES string of the molecule is CC(C)c1nc(CSc2ccccc2C(=O)O)no1. The van der Waals surface area contributed by atoms with Crippen molar-refractivity contribution in [2.75, 3.05) is 0 Å². The summed E-state index contributed by atoms with van der Waals surface area (Å²) in [7, 11) is 0. The first kappa shape index (κ1) is 13.6. The van der Waals surface area contributed by atoms with Gasteiger partial charge < -0.3 is 9.63 Å². The molecular weight excluding hydrogens is 264 g/mol. The molecule has 2 aromatic rings. The van der Waals surface area contributed by atoms with Crippen LogP contribution in [0.3, 0.4) is 0 Å². The summed E-state index contributed by atoms with van der Waals surface area (Å²) >= 11 is 1.39. The van der Waals surface area contributed by atoms with Crippen molar-refractivity contribution in [1.29, 1.82) is 0 Å². The molecule has 2 rings (SSSR count). The lowest BCUT2D eigenvalue weighted by atomic mass is 10.2. The zero-order valence-corrected chi connectivity index (χ0v) is 11.5. The monoisotopic (exact) mass is 278 g/mol. The zero-order valence-electron chi connectivity index (χ0n) is 10.7. The third-order valence-electron chi connectivity index (χ3n) is 2.45. The highest BCUT2D eigenvalue weighted by Gasteiger charge is 2.13. The zero-order chi connectivity index (χ0) is 13.8. The molecule has 5 nitrogen and oxygen atoms in total. The van der Waals surface area contributed by atoms with Crippen LogP contribution >= 0.6 is 11.8 Å². The summed E-state index contributed by atoms with van der Waals surface area (Å²) in [5, 5.41) is 12.9. The van der Waals surface area contributed by atoms with Crippen molar-refractivity contribution in [1.82, 2.24) is 10.1 Å². The summed E-state index contributed by atoms with van der Waals surface area (Å²) < 4.78 is 5.10. The number of carboxylic acids is 1. The van der Waals surface area contributed by atoms with Crippen LogP contribution in [0, 0.1) is 0 Å². The fourth-order valence-corrected chi connectivity index (χ4v) is 2.36. The Hall–Kier alpha value is -1.82. The number of hydrogen-bond acceptors (Lipinski definition) is 5. The summed E-state index contributed by atoms with van der Waals surface area (Å²) in [5.74, 6) is 0.924. The molecule has 100 valence electrons. The quantitative estimate of drug-likeness (QED) is 0.846. The van der Waals surface area contributed by atoms with Gasteiger partial charge in [-0.3, -0.25) is 0 Å². The fourth-order valence-electron chi connectivity index (χ4n) is 1.47. The van der Waals surface area contributed by atoms with E-state index in [-0.39, 0.29) is 5.92 Å². The summed E-state index contributed by atoms with van der Waals surface area (Å²) in [5.41, 5.74) is 0.292. The largest absolute Gasteiger partial charge is 0.478 e. The molecule has 0 fully saturated rings. The van der Waals surface area contributed by atoms with Crippen LogP contribution in [0.1, 0.15) is 41.8 Å². The normalized spacial score (nSPS) is 10.9. The molecule has 0 atom stereocenters. The summed E-state index contributed by atoms with van der Waals surface area (Å²) in [4.78, 5) is 16.0. The number of thioether (sulfide) groups is 1. The first-order valence-corrected chi connectivity index (χ1v) is 6.84. The van der Waals surface area contributed by atoms with E-state index in [1.807, 2.05) is 19.9 Å². The van der Waals surface area contributed by atoms with E-state index in [0.29, 0.717) is 27.9 Å². The molecule has 0 aliphatic heterocycles. The van der Waals surface area contributed by atoms with Crippen molar-refractivity contribution in [3.8, 4) is 0 Å². The number of benzene rings is 1. The molecule has 19 heavy (non-hydrogen) atoms. The smallest absolute Gasteiger partial charge is 0.336 e. The van der Waals surface area contributed by atoms with E-state index in [1.54, 1.807) is 18.2 Å². The molecule has 6 heteroatoms. The average molecular weight is 278 g/mol. The molecule has 0 radical (unpaired) electrons. The van der Waals surface area contributed by atoms with Gasteiger partial charge in [-0.05, 0) is 12.1 Å². The molecule has 1 N–H and O–H groups in total. The molecular formula is C13H14N2O3S. The van der Waals surface area contributed by atoms with Gasteiger partial charge in [-0.2, -0.15) is 4.98 Å². The van der Waals surface area contributed by atoms with Crippen LogP contribution in [0.4, 0.5) is 0 Å². The lowest BCUT2D eigenvalue weighted by Crippen LogP contribution is -1.98. The van der Waals surface area contributed by atoms with E-state index in [1.165, 1.54) is 11.8 Å². The van der Waals surface area contributed by atoms with Crippen molar-refractivity contribution >= 4 is 17.7 Å². The van der Waals surface area contributed by atoms with Gasteiger partial charge in [0.15, 0.2) is 5.82 Å². The molecule has 0 aliphatic carbocycles. The number of aromatic carboxylic acids is 1. The van der Waals surface area contributed by atoms with Crippen molar-refractivity contribution in [2.24, 2.45) is 0 Å². The number of nitrogens with zero attached hydrogens (tertiary/aromatic N) is 2. The Morgan fingerprint density at radius 3 is 2.79 bits per heavy atom. The van der Waals surface area contributed by atoms with Gasteiger partial charge in [-0.1, -0.05) is 31.1 Å². The number of aromatic nitrogens is 2. The Labute approximate surface area is 115 Å². The Morgan fingerprint density at radius 2 is 2.16 bits per heavy atom. The van der Waals surface area contributed by atoms with Crippen LogP contribution in [-0.2, 0) is 5.75 Å². The third-order valence-corrected chi connectivity index (χ3v) is 3.52. The summed E-state index contributed by atoms with van der Waals surface area (Å²) in [6, 6.07) is 6.88. The maximum Gasteiger partial charge on any atom is 0.336 e. The van der Waals surface area contributed by atoms with Crippen molar-refractivity contribution in [2.45, 2.75) is 30.4 Å². The number of hydrogen-bond donors (Lipinski definition) is 1. The molecule has 0 unspecified atom stereocenters. The van der Waals surface area contributed by atoms with Crippen molar-refractivity contribution in [3.05, 3.63) is 41.5 Å². The molecule has 0 amide bonds. The molecule has 0 spiro atoms. The van der Waals surface area contributed by atoms with Crippen LogP contribution in [0.25, 0.3) is 0 Å². The first-order chi connectivity index (χ1) is 9.08. The van der Waals surface area contributed by atoms with E-state index in [4.69, 9.17) is 9.63 Å². The van der Waals surface area contributed by atoms with Crippen molar-refractivity contribution in [3.63, 3.8) is 0 Å². The second-order valence-electron chi connectivity index (χ2n) is 4.29. The maximum atomic E-state index is 11.1. The lowest BCUT2D eigenvalue weighted by molar-refractivity contribution is 0.0693. The van der Waals surface area contributed by atoms with Crippen LogP contribution in [0.5, 0.6) is 0 Å². The van der Waals surface area contributed by atoms with Gasteiger partial charge >= 0.3 is 5.97 Å². The van der Waals surface area contributed by atoms with Gasteiger partial charge in [0.2, 0.25) is 5.89 Å². The highest BCUT2D eigenvalue weighted by Crippen LogP contribution is 2.25. The summed E-state index contributed by atoms with van der Waals surface area (Å²) in [6.45, 7) is 3.95. The van der Waals surface area contributed by atoms with Gasteiger partial charge in [0.25, 0.3) is 0 Å². The molecule has 1 heterocycles. The standard InChI is InChI=1S/C13H14N2O3S/c1-8(2)12-14-11(15-18-12)7-19-10-6-4-3-5-9(10)13(16)17/h3-6,8H,7H2,1-2H3,(H,16,17). The third kappa shape index (κ3) is 3.35. The van der Waals surface area contributed by atoms with E-state index in [0.717, 1.165) is 0 Å². The minimum Gasteiger partial charge on any atom is -0.478 e. The number of carbonyl (C=O) groups is 1. The first-order valence-electron chi connectivity index (χ1n) is 5.85. The Balaban J connectivity index is 2.08. The molecule has 0 saturated heterocycles. The van der Waals surface area contributed by atoms with Crippen LogP contribution in [0.2, 0.25) is 0 Å². The maximum absolute atomic E-state index is 11.1. The predicted molar refractivity (Wildman–Crippen MR) is 71.3 cm³/mol. The fraction of sp³-hybridized carbons (Fsp3) is 0.308. The Kier molecular flexibility index (Phi) is 4.21. The van der Waals surface area contributed by atoms with Crippen molar-refractivity contribution < 1.29 is 14.4 Å². The topological polar surface area (TPSA) is 76.2 Å². The molecule has 0 bridgehead atoms. The molecule has 0 saturated carbocycles. The van der Waals surface area contributed by atoms with E-state index in [9.17, 15) is 4.79 Å². The Bertz CT molecular complexity index is 581. The Morgan fingerprint density at radius 1 is 1.42 bits per heavy atom. The number of carboxylic acid groups (broad SMARTS) is 1. The van der Waals surface area contributed by atoms with Gasteiger partial charge in [0.1, 0.15) is 0 Å². The summed E-state index contributed by atoms with van der Waals surface area (Å²) in [6.07, 6.45) is 0.